The van der Waals surface area contributed by atoms with Gasteiger partial charge in [0.2, 0.25) is 5.95 Å². The molecule has 0 unspecified atom stereocenters. The minimum atomic E-state index is -0.279. The molecule has 0 aliphatic carbocycles. The van der Waals surface area contributed by atoms with E-state index in [1.54, 1.807) is 31.3 Å². The van der Waals surface area contributed by atoms with Crippen molar-refractivity contribution in [1.82, 2.24) is 19.9 Å². The number of amides is 1. The average molecular weight is 398 g/mol. The van der Waals surface area contributed by atoms with E-state index < -0.39 is 0 Å². The number of anilines is 2. The average Bonchev–Trinajstić information content (AvgIpc) is 3.08. The van der Waals surface area contributed by atoms with Crippen LogP contribution in [0, 0.1) is 11.3 Å². The van der Waals surface area contributed by atoms with Crippen LogP contribution >= 0.6 is 0 Å². The quantitative estimate of drug-likeness (QED) is 0.531. The fourth-order valence-electron chi connectivity index (χ4n) is 2.98. The van der Waals surface area contributed by atoms with Crippen LogP contribution in [0.3, 0.4) is 0 Å². The second-order valence-electron chi connectivity index (χ2n) is 6.52. The molecule has 4 rings (SSSR count). The molecule has 0 spiro atoms. The summed E-state index contributed by atoms with van der Waals surface area (Å²) < 4.78 is 7.83. The fourth-order valence-corrected chi connectivity index (χ4v) is 2.98. The molecule has 1 amide bonds. The van der Waals surface area contributed by atoms with Crippen LogP contribution in [0.2, 0.25) is 0 Å². The number of aryl methyl sites for hydroxylation is 1. The van der Waals surface area contributed by atoms with Crippen molar-refractivity contribution in [2.24, 2.45) is 7.05 Å². The van der Waals surface area contributed by atoms with Crippen molar-refractivity contribution in [2.75, 3.05) is 12.4 Å². The second-order valence-corrected chi connectivity index (χ2v) is 6.52. The summed E-state index contributed by atoms with van der Waals surface area (Å²) in [6, 6.07) is 18.1. The molecule has 2 aromatic carbocycles. The SMILES string of the molecule is CNC(=O)c1cc(Oc2ccc3c(c2)nc(Nc2ccc(C#N)cc2)n3C)ccn1. The predicted octanol–water partition coefficient (Wildman–Crippen LogP) is 3.74. The molecular formula is C22H18N6O2. The van der Waals surface area contributed by atoms with E-state index in [-0.39, 0.29) is 11.6 Å². The molecule has 0 fully saturated rings. The molecule has 0 aliphatic heterocycles. The molecule has 0 aliphatic rings. The Morgan fingerprint density at radius 1 is 1.10 bits per heavy atom. The molecule has 2 N–H and O–H groups in total. The third-order valence-corrected chi connectivity index (χ3v) is 4.55. The van der Waals surface area contributed by atoms with E-state index in [4.69, 9.17) is 10.00 Å². The van der Waals surface area contributed by atoms with Crippen LogP contribution in [0.15, 0.2) is 60.8 Å². The van der Waals surface area contributed by atoms with Gasteiger partial charge in [-0.1, -0.05) is 0 Å². The van der Waals surface area contributed by atoms with Crippen molar-refractivity contribution in [3.63, 3.8) is 0 Å². The largest absolute Gasteiger partial charge is 0.457 e. The first kappa shape index (κ1) is 19.0. The number of nitriles is 1. The van der Waals surface area contributed by atoms with Crippen molar-refractivity contribution >= 4 is 28.6 Å². The van der Waals surface area contributed by atoms with Gasteiger partial charge in [-0.2, -0.15) is 5.26 Å². The van der Waals surface area contributed by atoms with Gasteiger partial charge in [0.05, 0.1) is 22.7 Å². The fraction of sp³-hybridized carbons (Fsp3) is 0.0909. The minimum absolute atomic E-state index is 0.279. The van der Waals surface area contributed by atoms with E-state index in [0.717, 1.165) is 16.7 Å². The Morgan fingerprint density at radius 3 is 2.60 bits per heavy atom. The Bertz CT molecular complexity index is 1270. The molecule has 30 heavy (non-hydrogen) atoms. The standard InChI is InChI=1S/C22H18N6O2/c1-24-21(29)19-12-17(9-10-25-19)30-16-7-8-20-18(11-16)27-22(28(20)2)26-15-5-3-14(13-23)4-6-15/h3-12H,1-2H3,(H,24,29)(H,26,27). The maximum absolute atomic E-state index is 11.8. The van der Waals surface area contributed by atoms with Gasteiger partial charge in [-0.05, 0) is 42.5 Å². The number of carbonyl (C=O) groups is 1. The molecule has 0 saturated heterocycles. The number of carbonyl (C=O) groups excluding carboxylic acids is 1. The number of ether oxygens (including phenoxy) is 1. The first-order valence-electron chi connectivity index (χ1n) is 9.17. The van der Waals surface area contributed by atoms with E-state index >= 15 is 0 Å². The molecule has 8 heteroatoms. The highest BCUT2D eigenvalue weighted by molar-refractivity contribution is 5.92. The highest BCUT2D eigenvalue weighted by atomic mass is 16.5. The van der Waals surface area contributed by atoms with Gasteiger partial charge in [0.1, 0.15) is 17.2 Å². The second kappa shape index (κ2) is 7.93. The molecule has 0 radical (unpaired) electrons. The van der Waals surface area contributed by atoms with Gasteiger partial charge in [0.25, 0.3) is 5.91 Å². The Hall–Kier alpha value is -4.38. The molecule has 2 aromatic heterocycles. The van der Waals surface area contributed by atoms with E-state index in [1.807, 2.05) is 41.9 Å². The molecule has 0 atom stereocenters. The Balaban J connectivity index is 1.59. The maximum atomic E-state index is 11.8. The lowest BCUT2D eigenvalue weighted by molar-refractivity contribution is 0.0958. The van der Waals surface area contributed by atoms with E-state index in [1.165, 1.54) is 6.20 Å². The van der Waals surface area contributed by atoms with Crippen LogP contribution in [-0.4, -0.2) is 27.5 Å². The summed E-state index contributed by atoms with van der Waals surface area (Å²) in [5.74, 6) is 1.49. The van der Waals surface area contributed by atoms with Crippen LogP contribution < -0.4 is 15.4 Å². The Labute approximate surface area is 172 Å². The minimum Gasteiger partial charge on any atom is -0.457 e. The van der Waals surface area contributed by atoms with Crippen molar-refractivity contribution in [1.29, 1.82) is 5.26 Å². The molecular weight excluding hydrogens is 380 g/mol. The maximum Gasteiger partial charge on any atom is 0.269 e. The van der Waals surface area contributed by atoms with E-state index in [9.17, 15) is 4.79 Å². The van der Waals surface area contributed by atoms with Crippen LogP contribution in [0.5, 0.6) is 11.5 Å². The first-order chi connectivity index (χ1) is 14.6. The van der Waals surface area contributed by atoms with Crippen LogP contribution in [0.4, 0.5) is 11.6 Å². The van der Waals surface area contributed by atoms with E-state index in [2.05, 4.69) is 26.7 Å². The number of rotatable bonds is 5. The number of nitrogens with one attached hydrogen (secondary N) is 2. The van der Waals surface area contributed by atoms with Crippen LogP contribution in [-0.2, 0) is 7.05 Å². The topological polar surface area (TPSA) is 105 Å². The van der Waals surface area contributed by atoms with Crippen LogP contribution in [0.1, 0.15) is 16.1 Å². The molecule has 0 bridgehead atoms. The third kappa shape index (κ3) is 3.77. The molecule has 148 valence electrons. The van der Waals surface area contributed by atoms with Crippen LogP contribution in [0.25, 0.3) is 11.0 Å². The summed E-state index contributed by atoms with van der Waals surface area (Å²) in [6.07, 6.45) is 1.53. The summed E-state index contributed by atoms with van der Waals surface area (Å²) >= 11 is 0. The number of benzene rings is 2. The number of nitrogens with zero attached hydrogens (tertiary/aromatic N) is 4. The Morgan fingerprint density at radius 2 is 1.87 bits per heavy atom. The van der Waals surface area contributed by atoms with Crippen molar-refractivity contribution in [2.45, 2.75) is 0 Å². The van der Waals surface area contributed by atoms with Gasteiger partial charge in [-0.25, -0.2) is 4.98 Å². The monoisotopic (exact) mass is 398 g/mol. The van der Waals surface area contributed by atoms with Gasteiger partial charge in [-0.15, -0.1) is 0 Å². The lowest BCUT2D eigenvalue weighted by atomic mass is 10.2. The smallest absolute Gasteiger partial charge is 0.269 e. The first-order valence-corrected chi connectivity index (χ1v) is 9.17. The number of hydrogen-bond acceptors (Lipinski definition) is 6. The summed E-state index contributed by atoms with van der Waals surface area (Å²) in [5.41, 5.74) is 3.40. The number of imidazole rings is 1. The lowest BCUT2D eigenvalue weighted by Crippen LogP contribution is -2.18. The zero-order chi connectivity index (χ0) is 21.1. The van der Waals surface area contributed by atoms with Crippen molar-refractivity contribution in [3.8, 4) is 17.6 Å². The predicted molar refractivity (Wildman–Crippen MR) is 113 cm³/mol. The highest BCUT2D eigenvalue weighted by Crippen LogP contribution is 2.28. The van der Waals surface area contributed by atoms with E-state index in [0.29, 0.717) is 23.0 Å². The number of hydrogen-bond donors (Lipinski definition) is 2. The lowest BCUT2D eigenvalue weighted by Gasteiger charge is -2.07. The zero-order valence-electron chi connectivity index (χ0n) is 16.4. The summed E-state index contributed by atoms with van der Waals surface area (Å²) in [7, 11) is 3.47. The summed E-state index contributed by atoms with van der Waals surface area (Å²) in [5, 5.41) is 14.7. The molecule has 2 heterocycles. The zero-order valence-corrected chi connectivity index (χ0v) is 16.4. The summed E-state index contributed by atoms with van der Waals surface area (Å²) in [4.78, 5) is 20.4. The molecule has 0 saturated carbocycles. The third-order valence-electron chi connectivity index (χ3n) is 4.55. The van der Waals surface area contributed by atoms with Gasteiger partial charge in [0, 0.05) is 38.1 Å². The van der Waals surface area contributed by atoms with Gasteiger partial charge in [0.15, 0.2) is 0 Å². The normalized spacial score (nSPS) is 10.4. The van der Waals surface area contributed by atoms with Gasteiger partial charge >= 0.3 is 0 Å². The van der Waals surface area contributed by atoms with Gasteiger partial charge < -0.3 is 19.9 Å². The van der Waals surface area contributed by atoms with Gasteiger partial charge in [-0.3, -0.25) is 9.78 Å². The Kier molecular flexibility index (Phi) is 5.01. The summed E-state index contributed by atoms with van der Waals surface area (Å²) in [6.45, 7) is 0. The molecule has 8 nitrogen and oxygen atoms in total. The number of fused-ring (bicyclic) bond motifs is 1. The highest BCUT2D eigenvalue weighted by Gasteiger charge is 2.11. The number of aromatic nitrogens is 3. The molecule has 4 aromatic rings. The van der Waals surface area contributed by atoms with Crippen molar-refractivity contribution < 1.29 is 9.53 Å². The number of pyridine rings is 1. The van der Waals surface area contributed by atoms with Crippen molar-refractivity contribution in [3.05, 3.63) is 72.1 Å².